The Morgan fingerprint density at radius 2 is 2.41 bits per heavy atom. The summed E-state index contributed by atoms with van der Waals surface area (Å²) < 4.78 is 7.37. The summed E-state index contributed by atoms with van der Waals surface area (Å²) in [7, 11) is 1.84. The van der Waals surface area contributed by atoms with Gasteiger partial charge in [-0.2, -0.15) is 0 Å². The molecule has 94 valence electrons. The quantitative estimate of drug-likeness (QED) is 0.761. The number of amides is 1. The van der Waals surface area contributed by atoms with Crippen LogP contribution in [0.2, 0.25) is 0 Å². The van der Waals surface area contributed by atoms with Crippen LogP contribution in [0, 0.1) is 0 Å². The standard InChI is InChI=1S/C11H18N4O2/c1-8-4-15(5-9(3-12)17-8)11(16)10-6-14(2)7-13-10/h6-9H,3-5,12H2,1-2H3. The van der Waals surface area contributed by atoms with Crippen molar-refractivity contribution in [1.82, 2.24) is 14.5 Å². The molecule has 6 nitrogen and oxygen atoms in total. The third kappa shape index (κ3) is 2.65. The molecular formula is C11H18N4O2. The van der Waals surface area contributed by atoms with Crippen LogP contribution in [-0.2, 0) is 11.8 Å². The van der Waals surface area contributed by atoms with Crippen molar-refractivity contribution in [3.05, 3.63) is 18.2 Å². The molecule has 0 radical (unpaired) electrons. The minimum absolute atomic E-state index is 0.0185. The number of hydrogen-bond donors (Lipinski definition) is 1. The number of nitrogens with zero attached hydrogens (tertiary/aromatic N) is 3. The van der Waals surface area contributed by atoms with E-state index in [1.54, 1.807) is 22.0 Å². The fraction of sp³-hybridized carbons (Fsp3) is 0.636. The Labute approximate surface area is 100 Å². The smallest absolute Gasteiger partial charge is 0.274 e. The normalized spacial score (nSPS) is 25.0. The van der Waals surface area contributed by atoms with Gasteiger partial charge in [-0.3, -0.25) is 4.79 Å². The molecule has 2 heterocycles. The van der Waals surface area contributed by atoms with E-state index in [4.69, 9.17) is 10.5 Å². The lowest BCUT2D eigenvalue weighted by atomic mass is 10.2. The maximum absolute atomic E-state index is 12.2. The van der Waals surface area contributed by atoms with Gasteiger partial charge in [0.05, 0.1) is 18.5 Å². The number of carbonyl (C=O) groups is 1. The molecule has 0 spiro atoms. The van der Waals surface area contributed by atoms with Gasteiger partial charge in [0, 0.05) is 32.9 Å². The van der Waals surface area contributed by atoms with E-state index >= 15 is 0 Å². The second-order valence-corrected chi connectivity index (χ2v) is 4.44. The lowest BCUT2D eigenvalue weighted by molar-refractivity contribution is -0.0626. The molecule has 1 fully saturated rings. The Bertz CT molecular complexity index is 404. The molecule has 0 bridgehead atoms. The highest BCUT2D eigenvalue weighted by molar-refractivity contribution is 5.92. The molecule has 1 saturated heterocycles. The van der Waals surface area contributed by atoms with Gasteiger partial charge < -0.3 is 19.9 Å². The highest BCUT2D eigenvalue weighted by atomic mass is 16.5. The lowest BCUT2D eigenvalue weighted by Gasteiger charge is -2.36. The van der Waals surface area contributed by atoms with Crippen molar-refractivity contribution in [1.29, 1.82) is 0 Å². The number of ether oxygens (including phenoxy) is 1. The molecule has 0 saturated carbocycles. The molecule has 1 aromatic rings. The molecule has 17 heavy (non-hydrogen) atoms. The molecule has 1 aromatic heterocycles. The molecule has 0 aliphatic carbocycles. The van der Waals surface area contributed by atoms with E-state index < -0.39 is 0 Å². The van der Waals surface area contributed by atoms with Crippen molar-refractivity contribution in [2.75, 3.05) is 19.6 Å². The van der Waals surface area contributed by atoms with Gasteiger partial charge in [-0.25, -0.2) is 4.98 Å². The van der Waals surface area contributed by atoms with Gasteiger partial charge in [-0.1, -0.05) is 0 Å². The Morgan fingerprint density at radius 1 is 1.65 bits per heavy atom. The number of rotatable bonds is 2. The average molecular weight is 238 g/mol. The molecule has 1 aliphatic heterocycles. The SMILES string of the molecule is CC1CN(C(=O)c2cn(C)cn2)CC(CN)O1. The molecule has 2 rings (SSSR count). The van der Waals surface area contributed by atoms with Crippen LogP contribution in [0.15, 0.2) is 12.5 Å². The molecule has 2 unspecified atom stereocenters. The van der Waals surface area contributed by atoms with Crippen molar-refractivity contribution in [2.24, 2.45) is 12.8 Å². The van der Waals surface area contributed by atoms with Crippen molar-refractivity contribution in [3.8, 4) is 0 Å². The van der Waals surface area contributed by atoms with Crippen molar-refractivity contribution in [3.63, 3.8) is 0 Å². The summed E-state index contributed by atoms with van der Waals surface area (Å²) in [6.07, 6.45) is 3.29. The highest BCUT2D eigenvalue weighted by Crippen LogP contribution is 2.13. The van der Waals surface area contributed by atoms with Crippen LogP contribution in [0.25, 0.3) is 0 Å². The van der Waals surface area contributed by atoms with E-state index in [1.165, 1.54) is 0 Å². The molecular weight excluding hydrogens is 220 g/mol. The average Bonchev–Trinajstić information content (AvgIpc) is 2.74. The number of imidazole rings is 1. The van der Waals surface area contributed by atoms with E-state index in [1.807, 2.05) is 14.0 Å². The number of carbonyl (C=O) groups excluding carboxylic acids is 1. The Balaban J connectivity index is 2.08. The van der Waals surface area contributed by atoms with Crippen LogP contribution in [-0.4, -0.2) is 52.2 Å². The predicted molar refractivity (Wildman–Crippen MR) is 62.5 cm³/mol. The Morgan fingerprint density at radius 3 is 3.00 bits per heavy atom. The zero-order valence-corrected chi connectivity index (χ0v) is 10.2. The first-order valence-corrected chi connectivity index (χ1v) is 5.73. The van der Waals surface area contributed by atoms with Crippen LogP contribution in [0.4, 0.5) is 0 Å². The van der Waals surface area contributed by atoms with E-state index in [0.717, 1.165) is 0 Å². The molecule has 1 aliphatic rings. The van der Waals surface area contributed by atoms with Gasteiger partial charge in [-0.15, -0.1) is 0 Å². The fourth-order valence-electron chi connectivity index (χ4n) is 2.03. The third-order valence-electron chi connectivity index (χ3n) is 2.80. The summed E-state index contributed by atoms with van der Waals surface area (Å²) in [6, 6.07) is 0. The minimum Gasteiger partial charge on any atom is -0.370 e. The molecule has 2 N–H and O–H groups in total. The summed E-state index contributed by atoms with van der Waals surface area (Å²) in [4.78, 5) is 18.0. The zero-order valence-electron chi connectivity index (χ0n) is 10.2. The molecule has 6 heteroatoms. The number of aromatic nitrogens is 2. The van der Waals surface area contributed by atoms with Crippen LogP contribution < -0.4 is 5.73 Å². The van der Waals surface area contributed by atoms with Crippen LogP contribution in [0.3, 0.4) is 0 Å². The number of hydrogen-bond acceptors (Lipinski definition) is 4. The van der Waals surface area contributed by atoms with Crippen LogP contribution >= 0.6 is 0 Å². The summed E-state index contributed by atoms with van der Waals surface area (Å²) in [6.45, 7) is 3.50. The van der Waals surface area contributed by atoms with E-state index in [0.29, 0.717) is 25.3 Å². The molecule has 1 amide bonds. The second-order valence-electron chi connectivity index (χ2n) is 4.44. The fourth-order valence-corrected chi connectivity index (χ4v) is 2.03. The van der Waals surface area contributed by atoms with Gasteiger partial charge in [0.2, 0.25) is 0 Å². The second kappa shape index (κ2) is 4.85. The largest absolute Gasteiger partial charge is 0.370 e. The maximum Gasteiger partial charge on any atom is 0.274 e. The maximum atomic E-state index is 12.2. The number of nitrogens with two attached hydrogens (primary N) is 1. The van der Waals surface area contributed by atoms with Crippen molar-refractivity contribution >= 4 is 5.91 Å². The van der Waals surface area contributed by atoms with Crippen molar-refractivity contribution in [2.45, 2.75) is 19.1 Å². The molecule has 2 atom stereocenters. The Kier molecular flexibility index (Phi) is 3.44. The van der Waals surface area contributed by atoms with E-state index in [9.17, 15) is 4.79 Å². The minimum atomic E-state index is -0.0774. The molecule has 0 aromatic carbocycles. The topological polar surface area (TPSA) is 73.4 Å². The van der Waals surface area contributed by atoms with Crippen LogP contribution in [0.1, 0.15) is 17.4 Å². The first-order chi connectivity index (χ1) is 8.10. The van der Waals surface area contributed by atoms with Gasteiger partial charge in [0.15, 0.2) is 0 Å². The van der Waals surface area contributed by atoms with Crippen LogP contribution in [0.5, 0.6) is 0 Å². The van der Waals surface area contributed by atoms with Gasteiger partial charge in [0.1, 0.15) is 5.69 Å². The first-order valence-electron chi connectivity index (χ1n) is 5.73. The zero-order chi connectivity index (χ0) is 12.4. The summed E-state index contributed by atoms with van der Waals surface area (Å²) >= 11 is 0. The van der Waals surface area contributed by atoms with Gasteiger partial charge in [0.25, 0.3) is 5.91 Å². The summed E-state index contributed by atoms with van der Waals surface area (Å²) in [5, 5.41) is 0. The summed E-state index contributed by atoms with van der Waals surface area (Å²) in [5.74, 6) is -0.0563. The number of morpholine rings is 1. The van der Waals surface area contributed by atoms with E-state index in [2.05, 4.69) is 4.98 Å². The number of aryl methyl sites for hydroxylation is 1. The van der Waals surface area contributed by atoms with Gasteiger partial charge >= 0.3 is 0 Å². The summed E-state index contributed by atoms with van der Waals surface area (Å²) in [5.41, 5.74) is 6.06. The van der Waals surface area contributed by atoms with E-state index in [-0.39, 0.29) is 18.1 Å². The highest BCUT2D eigenvalue weighted by Gasteiger charge is 2.28. The Hall–Kier alpha value is -1.40. The van der Waals surface area contributed by atoms with Crippen molar-refractivity contribution < 1.29 is 9.53 Å². The first kappa shape index (κ1) is 12.1. The monoisotopic (exact) mass is 238 g/mol. The third-order valence-corrected chi connectivity index (χ3v) is 2.80. The van der Waals surface area contributed by atoms with Gasteiger partial charge in [-0.05, 0) is 6.92 Å². The lowest BCUT2D eigenvalue weighted by Crippen LogP contribution is -2.51. The predicted octanol–water partition coefficient (Wildman–Crippen LogP) is -0.392.